The normalized spacial score (nSPS) is 14.6. The number of aromatic nitrogens is 3. The number of nitrogens with one attached hydrogen (secondary N) is 1. The lowest BCUT2D eigenvalue weighted by molar-refractivity contribution is 0.194. The molecule has 6 nitrogen and oxygen atoms in total. The molecule has 178 valence electrons. The number of benzene rings is 3. The molecule has 7 heteroatoms. The molecule has 2 aromatic heterocycles. The highest BCUT2D eigenvalue weighted by Crippen LogP contribution is 2.38. The molecule has 2 amide bonds. The smallest absolute Gasteiger partial charge is 0.308 e. The second-order valence-corrected chi connectivity index (χ2v) is 8.82. The zero-order valence-electron chi connectivity index (χ0n) is 19.7. The van der Waals surface area contributed by atoms with E-state index in [1.165, 1.54) is 12.1 Å². The fourth-order valence-corrected chi connectivity index (χ4v) is 4.86. The molecule has 0 spiro atoms. The number of anilines is 1. The van der Waals surface area contributed by atoms with Gasteiger partial charge in [-0.3, -0.25) is 0 Å². The Bertz CT molecular complexity index is 1520. The monoisotopic (exact) mass is 477 g/mol. The van der Waals surface area contributed by atoms with Gasteiger partial charge in [0.05, 0.1) is 29.7 Å². The summed E-state index contributed by atoms with van der Waals surface area (Å²) >= 11 is 0. The number of aryl methyl sites for hydroxylation is 1. The van der Waals surface area contributed by atoms with Gasteiger partial charge in [0.25, 0.3) is 0 Å². The van der Waals surface area contributed by atoms with Crippen molar-refractivity contribution in [2.45, 2.75) is 19.5 Å². The molecule has 0 radical (unpaired) electrons. The molecule has 6 rings (SSSR count). The molecule has 3 aromatic carbocycles. The van der Waals surface area contributed by atoms with Crippen LogP contribution in [0.3, 0.4) is 0 Å². The van der Waals surface area contributed by atoms with Gasteiger partial charge < -0.3 is 14.8 Å². The molecule has 0 bridgehead atoms. The van der Waals surface area contributed by atoms with Crippen LogP contribution < -0.4 is 5.32 Å². The number of carbonyl (C=O) groups is 1. The van der Waals surface area contributed by atoms with Crippen LogP contribution in [0.2, 0.25) is 0 Å². The first kappa shape index (κ1) is 21.9. The Morgan fingerprint density at radius 2 is 1.61 bits per heavy atom. The van der Waals surface area contributed by atoms with Gasteiger partial charge in [-0.15, -0.1) is 0 Å². The summed E-state index contributed by atoms with van der Waals surface area (Å²) in [6.07, 6.45) is 2.02. The maximum Gasteiger partial charge on any atom is 0.322 e. The molecule has 0 saturated heterocycles. The third-order valence-electron chi connectivity index (χ3n) is 6.56. The molecule has 36 heavy (non-hydrogen) atoms. The maximum atomic E-state index is 13.8. The Morgan fingerprint density at radius 3 is 2.33 bits per heavy atom. The maximum absolute atomic E-state index is 13.8. The Kier molecular flexibility index (Phi) is 5.37. The number of urea groups is 1. The van der Waals surface area contributed by atoms with Crippen LogP contribution in [0.4, 0.5) is 14.9 Å². The van der Waals surface area contributed by atoms with E-state index in [4.69, 9.17) is 5.10 Å². The van der Waals surface area contributed by atoms with Crippen LogP contribution in [0.5, 0.6) is 0 Å². The number of hydrogen-bond donors (Lipinski definition) is 1. The number of hydrogen-bond acceptors (Lipinski definition) is 2. The first-order valence-corrected chi connectivity index (χ1v) is 11.8. The van der Waals surface area contributed by atoms with Crippen LogP contribution in [0, 0.1) is 12.7 Å². The number of rotatable bonds is 3. The van der Waals surface area contributed by atoms with Crippen molar-refractivity contribution in [1.82, 2.24) is 19.2 Å². The van der Waals surface area contributed by atoms with Crippen molar-refractivity contribution in [3.63, 3.8) is 0 Å². The Balaban J connectivity index is 1.52. The second-order valence-electron chi connectivity index (χ2n) is 8.82. The average molecular weight is 478 g/mol. The van der Waals surface area contributed by atoms with E-state index in [1.807, 2.05) is 95.5 Å². The van der Waals surface area contributed by atoms with Crippen molar-refractivity contribution in [1.29, 1.82) is 0 Å². The van der Waals surface area contributed by atoms with Crippen molar-refractivity contribution in [3.05, 3.63) is 132 Å². The van der Waals surface area contributed by atoms with Gasteiger partial charge in [-0.1, -0.05) is 48.5 Å². The molecule has 1 atom stereocenters. The second kappa shape index (κ2) is 8.85. The van der Waals surface area contributed by atoms with Crippen LogP contribution in [0.15, 0.2) is 103 Å². The van der Waals surface area contributed by atoms with E-state index in [-0.39, 0.29) is 17.9 Å². The highest BCUT2D eigenvalue weighted by Gasteiger charge is 2.35. The lowest BCUT2D eigenvalue weighted by atomic mass is 10.0. The summed E-state index contributed by atoms with van der Waals surface area (Å²) in [6.45, 7) is 2.32. The van der Waals surface area contributed by atoms with Gasteiger partial charge in [-0.2, -0.15) is 5.10 Å². The van der Waals surface area contributed by atoms with Crippen LogP contribution in [-0.2, 0) is 6.54 Å². The number of carbonyl (C=O) groups excluding carboxylic acids is 1. The predicted molar refractivity (Wildman–Crippen MR) is 137 cm³/mol. The van der Waals surface area contributed by atoms with Gasteiger partial charge in [0.2, 0.25) is 0 Å². The minimum atomic E-state index is -0.351. The first-order valence-electron chi connectivity index (χ1n) is 11.8. The SMILES string of the molecule is Cc1nn(-c2ccccc2)c2c1CN(C(=O)Nc1ccc(F)cc1)[C@H](c1ccccc1)c1cccn1-2. The molecular formula is C29H24FN5O. The summed E-state index contributed by atoms with van der Waals surface area (Å²) in [4.78, 5) is 15.6. The molecule has 0 fully saturated rings. The summed E-state index contributed by atoms with van der Waals surface area (Å²) in [7, 11) is 0. The van der Waals surface area contributed by atoms with E-state index < -0.39 is 0 Å². The fraction of sp³-hybridized carbons (Fsp3) is 0.103. The Morgan fingerprint density at radius 1 is 0.917 bits per heavy atom. The summed E-state index contributed by atoms with van der Waals surface area (Å²) in [5.74, 6) is 0.563. The van der Waals surface area contributed by atoms with E-state index >= 15 is 0 Å². The molecule has 1 N–H and O–H groups in total. The van der Waals surface area contributed by atoms with Gasteiger partial charge in [-0.05, 0) is 61.0 Å². The van der Waals surface area contributed by atoms with Gasteiger partial charge in [0.1, 0.15) is 11.6 Å². The molecule has 3 heterocycles. The van der Waals surface area contributed by atoms with Crippen LogP contribution in [0.1, 0.15) is 28.6 Å². The largest absolute Gasteiger partial charge is 0.322 e. The molecule has 1 aliphatic heterocycles. The quantitative estimate of drug-likeness (QED) is 0.334. The highest BCUT2D eigenvalue weighted by atomic mass is 19.1. The third-order valence-corrected chi connectivity index (χ3v) is 6.56. The molecule has 0 aliphatic carbocycles. The molecule has 5 aromatic rings. The minimum absolute atomic E-state index is 0.275. The zero-order valence-corrected chi connectivity index (χ0v) is 19.7. The van der Waals surface area contributed by atoms with Crippen LogP contribution >= 0.6 is 0 Å². The highest BCUT2D eigenvalue weighted by molar-refractivity contribution is 5.90. The average Bonchev–Trinajstić information content (AvgIpc) is 3.47. The van der Waals surface area contributed by atoms with E-state index in [0.29, 0.717) is 12.2 Å². The predicted octanol–water partition coefficient (Wildman–Crippen LogP) is 6.25. The molecule has 0 unspecified atom stereocenters. The van der Waals surface area contributed by atoms with E-state index in [9.17, 15) is 9.18 Å². The van der Waals surface area contributed by atoms with Crippen molar-refractivity contribution >= 4 is 11.7 Å². The Hall–Kier alpha value is -4.65. The number of nitrogens with zero attached hydrogens (tertiary/aromatic N) is 4. The standard InChI is InChI=1S/C29H24FN5O/c1-20-25-19-34(29(36)31-23-16-14-22(30)15-17-23)27(21-9-4-2-5-10-21)26-13-8-18-33(26)28(25)35(32-20)24-11-6-3-7-12-24/h2-18,27H,19H2,1H3,(H,31,36)/t27-/m1/s1. The zero-order chi connectivity index (χ0) is 24.6. The fourth-order valence-electron chi connectivity index (χ4n) is 4.86. The molecule has 0 saturated carbocycles. The van der Waals surface area contributed by atoms with Gasteiger partial charge >= 0.3 is 6.03 Å². The minimum Gasteiger partial charge on any atom is -0.308 e. The number of para-hydroxylation sites is 1. The number of halogens is 1. The van der Waals surface area contributed by atoms with Gasteiger partial charge in [0.15, 0.2) is 0 Å². The molecule has 1 aliphatic rings. The van der Waals surface area contributed by atoms with Gasteiger partial charge in [0, 0.05) is 17.4 Å². The van der Waals surface area contributed by atoms with Crippen molar-refractivity contribution in [2.24, 2.45) is 0 Å². The lowest BCUT2D eigenvalue weighted by Crippen LogP contribution is -2.38. The van der Waals surface area contributed by atoms with Crippen LogP contribution in [-0.4, -0.2) is 25.3 Å². The van der Waals surface area contributed by atoms with Crippen molar-refractivity contribution in [2.75, 3.05) is 5.32 Å². The van der Waals surface area contributed by atoms with E-state index in [0.717, 1.165) is 34.0 Å². The topological polar surface area (TPSA) is 55.1 Å². The first-order chi connectivity index (χ1) is 17.6. The Labute approximate surface area is 208 Å². The summed E-state index contributed by atoms with van der Waals surface area (Å²) < 4.78 is 17.5. The van der Waals surface area contributed by atoms with Crippen LogP contribution in [0.25, 0.3) is 11.5 Å². The van der Waals surface area contributed by atoms with Crippen molar-refractivity contribution < 1.29 is 9.18 Å². The molecular weight excluding hydrogens is 453 g/mol. The summed E-state index contributed by atoms with van der Waals surface area (Å²) in [5.41, 5.74) is 5.23. The van der Waals surface area contributed by atoms with E-state index in [1.54, 1.807) is 12.1 Å². The van der Waals surface area contributed by atoms with Crippen molar-refractivity contribution in [3.8, 4) is 11.5 Å². The van der Waals surface area contributed by atoms with Gasteiger partial charge in [-0.25, -0.2) is 13.9 Å². The lowest BCUT2D eigenvalue weighted by Gasteiger charge is -2.31. The number of fused-ring (bicyclic) bond motifs is 3. The number of amides is 2. The summed E-state index contributed by atoms with van der Waals surface area (Å²) in [6, 6.07) is 29.2. The van der Waals surface area contributed by atoms with E-state index in [2.05, 4.69) is 9.88 Å². The summed E-state index contributed by atoms with van der Waals surface area (Å²) in [5, 5.41) is 7.83. The third kappa shape index (κ3) is 3.75.